The van der Waals surface area contributed by atoms with Crippen LogP contribution in [0.1, 0.15) is 49.1 Å². The first-order valence-electron chi connectivity index (χ1n) is 11.4. The van der Waals surface area contributed by atoms with Crippen LogP contribution in [0.4, 0.5) is 0 Å². The molecule has 32 heavy (non-hydrogen) atoms. The number of aromatic nitrogens is 3. The first kappa shape index (κ1) is 21.9. The molecule has 0 N–H and O–H groups in total. The average Bonchev–Trinajstić information content (AvgIpc) is 3.40. The highest BCUT2D eigenvalue weighted by Crippen LogP contribution is 2.40. The number of thioether (sulfide) groups is 1. The number of hydrogen-bond acceptors (Lipinski definition) is 6. The van der Waals surface area contributed by atoms with Gasteiger partial charge in [-0.15, -0.1) is 10.2 Å². The highest BCUT2D eigenvalue weighted by molar-refractivity contribution is 7.99. The number of aryl methyl sites for hydroxylation is 2. The van der Waals surface area contributed by atoms with Gasteiger partial charge in [0.1, 0.15) is 5.82 Å². The van der Waals surface area contributed by atoms with Gasteiger partial charge in [-0.1, -0.05) is 17.8 Å². The molecule has 0 unspecified atom stereocenters. The zero-order chi connectivity index (χ0) is 22.3. The summed E-state index contributed by atoms with van der Waals surface area (Å²) in [7, 11) is -3.53. The van der Waals surface area contributed by atoms with E-state index in [1.54, 1.807) is 11.0 Å². The van der Waals surface area contributed by atoms with E-state index in [0.717, 1.165) is 42.4 Å². The number of amides is 1. The van der Waals surface area contributed by atoms with Crippen molar-refractivity contribution in [2.75, 3.05) is 31.9 Å². The predicted octanol–water partition coefficient (Wildman–Crippen LogP) is 2.29. The number of sulfonamides is 1. The van der Waals surface area contributed by atoms with Gasteiger partial charge in [0.05, 0.1) is 10.6 Å². The van der Waals surface area contributed by atoms with Crippen molar-refractivity contribution < 1.29 is 13.2 Å². The van der Waals surface area contributed by atoms with Gasteiger partial charge in [0.2, 0.25) is 15.9 Å². The molecule has 10 heteroatoms. The third-order valence-corrected chi connectivity index (χ3v) is 9.47. The second-order valence-electron chi connectivity index (χ2n) is 8.72. The van der Waals surface area contributed by atoms with Crippen LogP contribution in [-0.4, -0.2) is 70.2 Å². The molecule has 1 aliphatic heterocycles. The summed E-state index contributed by atoms with van der Waals surface area (Å²) in [6.07, 6.45) is 5.41. The molecule has 0 atom stereocenters. The summed E-state index contributed by atoms with van der Waals surface area (Å²) in [5.41, 5.74) is 2.42. The molecule has 1 aromatic heterocycles. The van der Waals surface area contributed by atoms with Crippen LogP contribution in [0, 0.1) is 0 Å². The molecule has 2 heterocycles. The van der Waals surface area contributed by atoms with E-state index in [-0.39, 0.29) is 5.91 Å². The first-order chi connectivity index (χ1) is 15.5. The van der Waals surface area contributed by atoms with Gasteiger partial charge in [-0.2, -0.15) is 4.31 Å². The molecule has 3 aliphatic rings. The number of nitrogens with zero attached hydrogens (tertiary/aromatic N) is 5. The maximum Gasteiger partial charge on any atom is 0.243 e. The van der Waals surface area contributed by atoms with Gasteiger partial charge < -0.3 is 9.47 Å². The van der Waals surface area contributed by atoms with Crippen LogP contribution in [-0.2, 0) is 34.2 Å². The van der Waals surface area contributed by atoms with Gasteiger partial charge in [0.25, 0.3) is 0 Å². The smallest absolute Gasteiger partial charge is 0.243 e. The lowest BCUT2D eigenvalue weighted by molar-refractivity contribution is -0.129. The van der Waals surface area contributed by atoms with E-state index in [1.807, 2.05) is 12.1 Å². The van der Waals surface area contributed by atoms with Crippen LogP contribution in [0.15, 0.2) is 28.3 Å². The fourth-order valence-corrected chi connectivity index (χ4v) is 6.99. The molecular formula is C22H29N5O3S2. The molecule has 0 bridgehead atoms. The van der Waals surface area contributed by atoms with E-state index in [2.05, 4.69) is 21.7 Å². The lowest BCUT2D eigenvalue weighted by Crippen LogP contribution is -2.51. The van der Waals surface area contributed by atoms with Crippen molar-refractivity contribution in [3.05, 3.63) is 35.2 Å². The number of benzene rings is 1. The largest absolute Gasteiger partial charge is 0.339 e. The highest BCUT2D eigenvalue weighted by atomic mass is 32.2. The van der Waals surface area contributed by atoms with E-state index in [0.29, 0.717) is 42.7 Å². The Morgan fingerprint density at radius 2 is 1.84 bits per heavy atom. The summed E-state index contributed by atoms with van der Waals surface area (Å²) in [6.45, 7) is 4.35. The van der Waals surface area contributed by atoms with Crippen molar-refractivity contribution in [2.45, 2.75) is 61.5 Å². The molecule has 0 radical (unpaired) electrons. The predicted molar refractivity (Wildman–Crippen MR) is 122 cm³/mol. The molecule has 1 amide bonds. The topological polar surface area (TPSA) is 88.4 Å². The zero-order valence-corrected chi connectivity index (χ0v) is 20.0. The van der Waals surface area contributed by atoms with Crippen molar-refractivity contribution >= 4 is 27.7 Å². The van der Waals surface area contributed by atoms with E-state index >= 15 is 0 Å². The normalized spacial score (nSPS) is 19.3. The summed E-state index contributed by atoms with van der Waals surface area (Å²) >= 11 is 1.42. The standard InChI is InChI=1S/C22H29N5O3S2/c1-2-27-21(17-6-7-17)23-24-22(27)31-15-20(28)25-10-12-26(13-11-25)32(29,30)19-9-8-16-4-3-5-18(16)14-19/h8-9,14,17H,2-7,10-13,15H2,1H3. The van der Waals surface area contributed by atoms with Crippen LogP contribution in [0.5, 0.6) is 0 Å². The molecule has 2 aliphatic carbocycles. The second kappa shape index (κ2) is 8.79. The molecule has 1 saturated heterocycles. The van der Waals surface area contributed by atoms with Crippen LogP contribution >= 0.6 is 11.8 Å². The molecule has 2 fully saturated rings. The molecule has 5 rings (SSSR count). The van der Waals surface area contributed by atoms with Crippen molar-refractivity contribution in [3.63, 3.8) is 0 Å². The molecule has 0 spiro atoms. The van der Waals surface area contributed by atoms with Crippen molar-refractivity contribution in [2.24, 2.45) is 0 Å². The fraction of sp³-hybridized carbons (Fsp3) is 0.591. The summed E-state index contributed by atoms with van der Waals surface area (Å²) in [4.78, 5) is 14.9. The minimum absolute atomic E-state index is 0.0169. The molecule has 172 valence electrons. The number of fused-ring (bicyclic) bond motifs is 1. The first-order valence-corrected chi connectivity index (χ1v) is 13.9. The molecule has 1 saturated carbocycles. The molecule has 1 aromatic carbocycles. The van der Waals surface area contributed by atoms with Crippen molar-refractivity contribution in [1.82, 2.24) is 24.0 Å². The van der Waals surface area contributed by atoms with Gasteiger partial charge in [0, 0.05) is 38.6 Å². The Balaban J connectivity index is 1.17. The third-order valence-electron chi connectivity index (χ3n) is 6.63. The second-order valence-corrected chi connectivity index (χ2v) is 11.6. The van der Waals surface area contributed by atoms with Gasteiger partial charge in [-0.3, -0.25) is 4.79 Å². The zero-order valence-electron chi connectivity index (χ0n) is 18.4. The number of rotatable bonds is 7. The average molecular weight is 476 g/mol. The maximum atomic E-state index is 13.1. The van der Waals surface area contributed by atoms with Gasteiger partial charge in [-0.05, 0) is 62.3 Å². The van der Waals surface area contributed by atoms with Gasteiger partial charge >= 0.3 is 0 Å². The highest BCUT2D eigenvalue weighted by Gasteiger charge is 2.32. The minimum Gasteiger partial charge on any atom is -0.339 e. The number of hydrogen-bond donors (Lipinski definition) is 0. The summed E-state index contributed by atoms with van der Waals surface area (Å²) < 4.78 is 29.8. The monoisotopic (exact) mass is 475 g/mol. The van der Waals surface area contributed by atoms with Crippen LogP contribution in [0.3, 0.4) is 0 Å². The van der Waals surface area contributed by atoms with E-state index < -0.39 is 10.0 Å². The van der Waals surface area contributed by atoms with Gasteiger partial charge in [-0.25, -0.2) is 8.42 Å². The van der Waals surface area contributed by atoms with Gasteiger partial charge in [0.15, 0.2) is 5.16 Å². The minimum atomic E-state index is -3.53. The van der Waals surface area contributed by atoms with E-state index in [4.69, 9.17) is 0 Å². The van der Waals surface area contributed by atoms with Crippen LogP contribution in [0.2, 0.25) is 0 Å². The Morgan fingerprint density at radius 3 is 2.56 bits per heavy atom. The van der Waals surface area contributed by atoms with Crippen LogP contribution < -0.4 is 0 Å². The quantitative estimate of drug-likeness (QED) is 0.571. The Labute approximate surface area is 193 Å². The van der Waals surface area contributed by atoms with E-state index in [9.17, 15) is 13.2 Å². The van der Waals surface area contributed by atoms with Crippen molar-refractivity contribution in [3.8, 4) is 0 Å². The third kappa shape index (κ3) is 4.20. The Bertz CT molecular complexity index is 1120. The summed E-state index contributed by atoms with van der Waals surface area (Å²) in [5, 5.41) is 9.40. The summed E-state index contributed by atoms with van der Waals surface area (Å²) in [6, 6.07) is 5.52. The molecule has 8 nitrogen and oxygen atoms in total. The van der Waals surface area contributed by atoms with Crippen LogP contribution in [0.25, 0.3) is 0 Å². The number of piperazine rings is 1. The SMILES string of the molecule is CCn1c(SCC(=O)N2CCN(S(=O)(=O)c3ccc4c(c3)CCC4)CC2)nnc1C1CC1. The Morgan fingerprint density at radius 1 is 1.09 bits per heavy atom. The maximum absolute atomic E-state index is 13.1. The summed E-state index contributed by atoms with van der Waals surface area (Å²) in [5.74, 6) is 1.87. The number of carbonyl (C=O) groups excluding carboxylic acids is 1. The fourth-order valence-electron chi connectivity index (χ4n) is 4.60. The Kier molecular flexibility index (Phi) is 6.02. The molecular weight excluding hydrogens is 446 g/mol. The lowest BCUT2D eigenvalue weighted by Gasteiger charge is -2.34. The van der Waals surface area contributed by atoms with Crippen molar-refractivity contribution in [1.29, 1.82) is 0 Å². The number of carbonyl (C=O) groups is 1. The Hall–Kier alpha value is -1.91. The lowest BCUT2D eigenvalue weighted by atomic mass is 10.1. The van der Waals surface area contributed by atoms with E-state index in [1.165, 1.54) is 34.5 Å². The molecule has 2 aromatic rings.